The molecule has 0 spiro atoms. The Morgan fingerprint density at radius 2 is 2.14 bits per heavy atom. The molecule has 0 amide bonds. The van der Waals surface area contributed by atoms with Gasteiger partial charge in [0.1, 0.15) is 12.2 Å². The SMILES string of the molecule is CC(=O)OC1CC(/C=C/c2ccccc2)OC(C(O)CO)C1. The molecule has 1 heterocycles. The molecular formula is C17H22O5. The van der Waals surface area contributed by atoms with Gasteiger partial charge in [0.25, 0.3) is 0 Å². The van der Waals surface area contributed by atoms with Gasteiger partial charge < -0.3 is 19.7 Å². The van der Waals surface area contributed by atoms with Crippen molar-refractivity contribution >= 4 is 12.0 Å². The first-order valence-corrected chi connectivity index (χ1v) is 7.43. The third-order valence-corrected chi connectivity index (χ3v) is 3.59. The number of aliphatic hydroxyl groups is 2. The second-order valence-electron chi connectivity index (χ2n) is 5.44. The Bertz CT molecular complexity index is 499. The van der Waals surface area contributed by atoms with Gasteiger partial charge in [-0.1, -0.05) is 42.5 Å². The predicted molar refractivity (Wildman–Crippen MR) is 82.0 cm³/mol. The van der Waals surface area contributed by atoms with Gasteiger partial charge in [0.05, 0.1) is 18.8 Å². The minimum absolute atomic E-state index is 0.274. The number of hydrogen-bond donors (Lipinski definition) is 2. The van der Waals surface area contributed by atoms with Crippen LogP contribution in [0, 0.1) is 0 Å². The number of carbonyl (C=O) groups is 1. The highest BCUT2D eigenvalue weighted by atomic mass is 16.6. The van der Waals surface area contributed by atoms with E-state index >= 15 is 0 Å². The average molecular weight is 306 g/mol. The van der Waals surface area contributed by atoms with Crippen molar-refractivity contribution in [1.29, 1.82) is 0 Å². The molecule has 4 unspecified atom stereocenters. The van der Waals surface area contributed by atoms with E-state index in [0.29, 0.717) is 12.8 Å². The number of ether oxygens (including phenoxy) is 2. The Morgan fingerprint density at radius 1 is 1.41 bits per heavy atom. The monoisotopic (exact) mass is 306 g/mol. The molecule has 2 N–H and O–H groups in total. The van der Waals surface area contributed by atoms with Gasteiger partial charge in [-0.15, -0.1) is 0 Å². The van der Waals surface area contributed by atoms with Crippen LogP contribution < -0.4 is 0 Å². The molecule has 0 aromatic heterocycles. The van der Waals surface area contributed by atoms with Gasteiger partial charge in [0, 0.05) is 19.8 Å². The normalized spacial score (nSPS) is 26.8. The third kappa shape index (κ3) is 4.94. The van der Waals surface area contributed by atoms with Crippen molar-refractivity contribution in [2.75, 3.05) is 6.61 Å². The molecule has 1 aromatic carbocycles. The number of hydrogen-bond acceptors (Lipinski definition) is 5. The van der Waals surface area contributed by atoms with Crippen molar-refractivity contribution < 1.29 is 24.5 Å². The maximum atomic E-state index is 11.2. The van der Waals surface area contributed by atoms with Crippen LogP contribution in [0.25, 0.3) is 6.08 Å². The molecule has 120 valence electrons. The van der Waals surface area contributed by atoms with Gasteiger partial charge >= 0.3 is 5.97 Å². The van der Waals surface area contributed by atoms with Crippen molar-refractivity contribution in [3.63, 3.8) is 0 Å². The van der Waals surface area contributed by atoms with Crippen LogP contribution in [0.4, 0.5) is 0 Å². The van der Waals surface area contributed by atoms with Crippen LogP contribution in [0.15, 0.2) is 36.4 Å². The highest BCUT2D eigenvalue weighted by Gasteiger charge is 2.33. The lowest BCUT2D eigenvalue weighted by Gasteiger charge is -2.35. The van der Waals surface area contributed by atoms with Crippen LogP contribution in [-0.2, 0) is 14.3 Å². The standard InChI is InChI=1S/C17H22O5/c1-12(19)21-15-9-14(22-17(10-15)16(20)11-18)8-7-13-5-3-2-4-6-13/h2-8,14-18,20H,9-11H2,1H3/b8-7+. The first kappa shape index (κ1) is 16.7. The van der Waals surface area contributed by atoms with Crippen LogP contribution in [0.2, 0.25) is 0 Å². The molecule has 1 aliphatic rings. The summed E-state index contributed by atoms with van der Waals surface area (Å²) < 4.78 is 11.0. The zero-order chi connectivity index (χ0) is 15.9. The Balaban J connectivity index is 2.04. The van der Waals surface area contributed by atoms with Crippen LogP contribution in [0.3, 0.4) is 0 Å². The summed E-state index contributed by atoms with van der Waals surface area (Å²) >= 11 is 0. The summed E-state index contributed by atoms with van der Waals surface area (Å²) in [6.45, 7) is 0.980. The van der Waals surface area contributed by atoms with E-state index in [9.17, 15) is 9.90 Å². The molecule has 0 bridgehead atoms. The topological polar surface area (TPSA) is 76.0 Å². The fourth-order valence-electron chi connectivity index (χ4n) is 2.55. The molecule has 4 atom stereocenters. The zero-order valence-electron chi connectivity index (χ0n) is 12.6. The summed E-state index contributed by atoms with van der Waals surface area (Å²) in [6, 6.07) is 9.79. The smallest absolute Gasteiger partial charge is 0.302 e. The summed E-state index contributed by atoms with van der Waals surface area (Å²) in [5, 5.41) is 18.9. The van der Waals surface area contributed by atoms with Gasteiger partial charge in [-0.3, -0.25) is 4.79 Å². The van der Waals surface area contributed by atoms with E-state index in [1.165, 1.54) is 6.92 Å². The number of rotatable bonds is 5. The molecule has 1 fully saturated rings. The lowest BCUT2D eigenvalue weighted by atomic mass is 9.97. The van der Waals surface area contributed by atoms with E-state index in [4.69, 9.17) is 14.6 Å². The first-order chi connectivity index (χ1) is 10.6. The fraction of sp³-hybridized carbons (Fsp3) is 0.471. The largest absolute Gasteiger partial charge is 0.462 e. The Labute approximate surface area is 130 Å². The van der Waals surface area contributed by atoms with Crippen LogP contribution >= 0.6 is 0 Å². The average Bonchev–Trinajstić information content (AvgIpc) is 2.52. The number of esters is 1. The van der Waals surface area contributed by atoms with Crippen molar-refractivity contribution in [1.82, 2.24) is 0 Å². The molecule has 5 nitrogen and oxygen atoms in total. The maximum absolute atomic E-state index is 11.2. The van der Waals surface area contributed by atoms with E-state index in [1.54, 1.807) is 0 Å². The van der Waals surface area contributed by atoms with Gasteiger partial charge in [0.15, 0.2) is 0 Å². The van der Waals surface area contributed by atoms with Gasteiger partial charge in [0.2, 0.25) is 0 Å². The summed E-state index contributed by atoms with van der Waals surface area (Å²) in [5.74, 6) is -0.352. The molecule has 0 saturated carbocycles. The molecule has 2 rings (SSSR count). The van der Waals surface area contributed by atoms with E-state index in [0.717, 1.165) is 5.56 Å². The number of benzene rings is 1. The first-order valence-electron chi connectivity index (χ1n) is 7.43. The van der Waals surface area contributed by atoms with Crippen molar-refractivity contribution in [2.24, 2.45) is 0 Å². The Kier molecular flexibility index (Phi) is 6.12. The molecule has 5 heteroatoms. The fourth-order valence-corrected chi connectivity index (χ4v) is 2.55. The highest BCUT2D eigenvalue weighted by molar-refractivity contribution is 5.66. The minimum Gasteiger partial charge on any atom is -0.462 e. The highest BCUT2D eigenvalue weighted by Crippen LogP contribution is 2.25. The van der Waals surface area contributed by atoms with Gasteiger partial charge in [-0.05, 0) is 5.56 Å². The van der Waals surface area contributed by atoms with Crippen LogP contribution in [0.5, 0.6) is 0 Å². The van der Waals surface area contributed by atoms with E-state index in [2.05, 4.69) is 0 Å². The second kappa shape index (κ2) is 8.08. The van der Waals surface area contributed by atoms with Gasteiger partial charge in [-0.2, -0.15) is 0 Å². The van der Waals surface area contributed by atoms with Crippen molar-refractivity contribution in [2.45, 2.75) is 44.2 Å². The summed E-state index contributed by atoms with van der Waals surface area (Å²) in [7, 11) is 0. The molecule has 22 heavy (non-hydrogen) atoms. The quantitative estimate of drug-likeness (QED) is 0.807. The number of aliphatic hydroxyl groups excluding tert-OH is 2. The minimum atomic E-state index is -0.981. The van der Waals surface area contributed by atoms with Crippen molar-refractivity contribution in [3.05, 3.63) is 42.0 Å². The maximum Gasteiger partial charge on any atom is 0.302 e. The van der Waals surface area contributed by atoms with Gasteiger partial charge in [-0.25, -0.2) is 0 Å². The predicted octanol–water partition coefficient (Wildman–Crippen LogP) is 1.53. The molecule has 1 saturated heterocycles. The number of carbonyl (C=O) groups excluding carboxylic acids is 1. The summed E-state index contributed by atoms with van der Waals surface area (Å²) in [5.41, 5.74) is 1.04. The second-order valence-corrected chi connectivity index (χ2v) is 5.44. The van der Waals surface area contributed by atoms with E-state index in [-0.39, 0.29) is 24.8 Å². The Hall–Kier alpha value is -1.69. The third-order valence-electron chi connectivity index (χ3n) is 3.59. The lowest BCUT2D eigenvalue weighted by Crippen LogP contribution is -2.44. The van der Waals surface area contributed by atoms with Crippen molar-refractivity contribution in [3.8, 4) is 0 Å². The summed E-state index contributed by atoms with van der Waals surface area (Å²) in [4.78, 5) is 11.2. The molecule has 0 aliphatic carbocycles. The summed E-state index contributed by atoms with van der Waals surface area (Å²) in [6.07, 6.45) is 2.63. The zero-order valence-corrected chi connectivity index (χ0v) is 12.6. The molecular weight excluding hydrogens is 284 g/mol. The molecule has 0 radical (unpaired) electrons. The Morgan fingerprint density at radius 3 is 2.77 bits per heavy atom. The molecule has 1 aliphatic heterocycles. The lowest BCUT2D eigenvalue weighted by molar-refractivity contribution is -0.166. The van der Waals surface area contributed by atoms with Crippen LogP contribution in [-0.4, -0.2) is 47.2 Å². The van der Waals surface area contributed by atoms with E-state index < -0.39 is 12.2 Å². The van der Waals surface area contributed by atoms with E-state index in [1.807, 2.05) is 42.5 Å². The van der Waals surface area contributed by atoms with Crippen LogP contribution in [0.1, 0.15) is 25.3 Å². The molecule has 1 aromatic rings.